The molecule has 1 fully saturated rings. The first kappa shape index (κ1) is 34.6. The third kappa shape index (κ3) is 6.14. The number of ketones is 1. The molecule has 1 aliphatic heterocycles. The van der Waals surface area contributed by atoms with E-state index in [0.717, 1.165) is 28.6 Å². The summed E-state index contributed by atoms with van der Waals surface area (Å²) in [5.74, 6) is -1.29. The first-order valence-corrected chi connectivity index (χ1v) is 18.6. The number of hydrogen-bond donors (Lipinski definition) is 2. The van der Waals surface area contributed by atoms with Crippen molar-refractivity contribution in [3.63, 3.8) is 0 Å². The summed E-state index contributed by atoms with van der Waals surface area (Å²) in [7, 11) is -3.85. The predicted octanol–water partition coefficient (Wildman–Crippen LogP) is 8.20. The number of sulfonamides is 1. The van der Waals surface area contributed by atoms with Crippen molar-refractivity contribution in [1.82, 2.24) is 4.72 Å². The van der Waals surface area contributed by atoms with Crippen LogP contribution in [0.1, 0.15) is 80.5 Å². The molecule has 0 aromatic heterocycles. The van der Waals surface area contributed by atoms with Crippen LogP contribution in [0.2, 0.25) is 15.1 Å². The van der Waals surface area contributed by atoms with Gasteiger partial charge < -0.3 is 10.1 Å². The van der Waals surface area contributed by atoms with Gasteiger partial charge >= 0.3 is 0 Å². The minimum Gasteiger partial charge on any atom is -0.477 e. The van der Waals surface area contributed by atoms with Crippen LogP contribution in [-0.4, -0.2) is 38.5 Å². The first-order valence-electron chi connectivity index (χ1n) is 15.5. The Bertz CT molecular complexity index is 1790. The zero-order valence-corrected chi connectivity index (χ0v) is 29.6. The molecule has 0 bridgehead atoms. The number of nitrogens with one attached hydrogen (secondary N) is 2. The highest BCUT2D eigenvalue weighted by atomic mass is 35.5. The molecule has 4 atom stereocenters. The molecule has 246 valence electrons. The summed E-state index contributed by atoms with van der Waals surface area (Å²) in [5.41, 5.74) is 2.43. The summed E-state index contributed by atoms with van der Waals surface area (Å²) in [6, 6.07) is 16.8. The summed E-state index contributed by atoms with van der Waals surface area (Å²) >= 11 is 19.8. The number of anilines is 1. The van der Waals surface area contributed by atoms with Crippen LogP contribution in [0.3, 0.4) is 0 Å². The van der Waals surface area contributed by atoms with Crippen LogP contribution in [-0.2, 0) is 25.0 Å². The van der Waals surface area contributed by atoms with Gasteiger partial charge in [-0.2, -0.15) is 0 Å². The lowest BCUT2D eigenvalue weighted by Crippen LogP contribution is -2.53. The van der Waals surface area contributed by atoms with Crippen LogP contribution in [0.15, 0.2) is 54.6 Å². The SMILES string of the molecule is CCC1C(=O)CC(c2cc(Cl)ccc2OC(CC)(CC)C(=O)NS(C)(=O)=O)C2(CNc3cc(Cl)ccc32)C1c1cc(Cl)ccc1C. The molecular formula is C35H39Cl3N2O5S. The zero-order valence-electron chi connectivity index (χ0n) is 26.5. The number of carbonyl (C=O) groups excluding carboxylic acids is 2. The van der Waals surface area contributed by atoms with E-state index in [-0.39, 0.29) is 36.9 Å². The maximum absolute atomic E-state index is 14.3. The Morgan fingerprint density at radius 2 is 1.59 bits per heavy atom. The number of ether oxygens (including phenoxy) is 1. The summed E-state index contributed by atoms with van der Waals surface area (Å²) in [5, 5.41) is 5.23. The van der Waals surface area contributed by atoms with E-state index in [2.05, 4.69) is 10.0 Å². The van der Waals surface area contributed by atoms with Crippen LogP contribution >= 0.6 is 34.8 Å². The number of Topliss-reactive ketones (excluding diaryl/α,β-unsaturated/α-hetero) is 1. The van der Waals surface area contributed by atoms with Crippen molar-refractivity contribution in [2.75, 3.05) is 18.1 Å². The van der Waals surface area contributed by atoms with Crippen molar-refractivity contribution in [1.29, 1.82) is 0 Å². The van der Waals surface area contributed by atoms with Gasteiger partial charge in [-0.3, -0.25) is 9.59 Å². The van der Waals surface area contributed by atoms with Crippen molar-refractivity contribution in [3.8, 4) is 5.75 Å². The zero-order chi connectivity index (χ0) is 33.6. The van der Waals surface area contributed by atoms with Gasteiger partial charge in [-0.1, -0.05) is 67.7 Å². The number of amides is 1. The molecule has 0 radical (unpaired) electrons. The highest BCUT2D eigenvalue weighted by Gasteiger charge is 2.59. The third-order valence-electron chi connectivity index (χ3n) is 9.96. The van der Waals surface area contributed by atoms with E-state index >= 15 is 0 Å². The van der Waals surface area contributed by atoms with E-state index in [1.807, 2.05) is 56.3 Å². The smallest absolute Gasteiger partial charge is 0.277 e. The summed E-state index contributed by atoms with van der Waals surface area (Å²) < 4.78 is 32.9. The van der Waals surface area contributed by atoms with Gasteiger partial charge in [0.05, 0.1) is 6.26 Å². The van der Waals surface area contributed by atoms with E-state index in [1.54, 1.807) is 26.0 Å². The van der Waals surface area contributed by atoms with E-state index < -0.39 is 32.9 Å². The lowest BCUT2D eigenvalue weighted by atomic mass is 9.50. The van der Waals surface area contributed by atoms with Crippen LogP contribution in [0.5, 0.6) is 5.75 Å². The van der Waals surface area contributed by atoms with Crippen molar-refractivity contribution in [2.24, 2.45) is 5.92 Å². The number of benzene rings is 3. The van der Waals surface area contributed by atoms with Crippen molar-refractivity contribution >= 4 is 62.2 Å². The number of hydrogen-bond acceptors (Lipinski definition) is 6. The molecule has 1 saturated carbocycles. The molecule has 5 rings (SSSR count). The van der Waals surface area contributed by atoms with E-state index in [1.165, 1.54) is 0 Å². The molecule has 4 unspecified atom stereocenters. The molecule has 46 heavy (non-hydrogen) atoms. The molecule has 1 spiro atoms. The van der Waals surface area contributed by atoms with Gasteiger partial charge in [0.15, 0.2) is 5.60 Å². The van der Waals surface area contributed by atoms with Gasteiger partial charge in [-0.15, -0.1) is 0 Å². The van der Waals surface area contributed by atoms with Crippen LogP contribution in [0, 0.1) is 12.8 Å². The fourth-order valence-electron chi connectivity index (χ4n) is 7.70. The molecule has 1 heterocycles. The molecule has 2 aliphatic rings. The Morgan fingerprint density at radius 3 is 2.22 bits per heavy atom. The average Bonchev–Trinajstić information content (AvgIpc) is 3.36. The van der Waals surface area contributed by atoms with Crippen LogP contribution < -0.4 is 14.8 Å². The van der Waals surface area contributed by atoms with Crippen LogP contribution in [0.25, 0.3) is 0 Å². The Hall–Kier alpha value is -2.78. The van der Waals surface area contributed by atoms with Gasteiger partial charge in [0.1, 0.15) is 11.5 Å². The second-order valence-corrected chi connectivity index (χ2v) is 15.5. The minimum atomic E-state index is -3.85. The van der Waals surface area contributed by atoms with E-state index in [4.69, 9.17) is 39.5 Å². The molecule has 1 aliphatic carbocycles. The lowest BCUT2D eigenvalue weighted by Gasteiger charge is -2.51. The maximum atomic E-state index is 14.3. The van der Waals surface area contributed by atoms with Crippen molar-refractivity contribution in [2.45, 2.75) is 76.2 Å². The van der Waals surface area contributed by atoms with Gasteiger partial charge in [0, 0.05) is 62.5 Å². The minimum absolute atomic E-state index is 0.114. The first-order chi connectivity index (χ1) is 21.7. The van der Waals surface area contributed by atoms with Crippen molar-refractivity contribution in [3.05, 3.63) is 91.9 Å². The number of carbonyl (C=O) groups is 2. The molecule has 3 aromatic rings. The maximum Gasteiger partial charge on any atom is 0.277 e. The van der Waals surface area contributed by atoms with Gasteiger partial charge in [-0.25, -0.2) is 13.1 Å². The van der Waals surface area contributed by atoms with E-state index in [9.17, 15) is 18.0 Å². The Balaban J connectivity index is 1.78. The number of rotatable bonds is 9. The monoisotopic (exact) mass is 704 g/mol. The van der Waals surface area contributed by atoms with Gasteiger partial charge in [-0.05, 0) is 85.3 Å². The Kier molecular flexibility index (Phi) is 9.78. The largest absolute Gasteiger partial charge is 0.477 e. The molecule has 3 aromatic carbocycles. The van der Waals surface area contributed by atoms with Crippen molar-refractivity contribution < 1.29 is 22.7 Å². The summed E-state index contributed by atoms with van der Waals surface area (Å²) in [6.07, 6.45) is 2.17. The highest BCUT2D eigenvalue weighted by molar-refractivity contribution is 7.89. The van der Waals surface area contributed by atoms with E-state index in [0.29, 0.717) is 39.3 Å². The fraction of sp³-hybridized carbons (Fsp3) is 0.429. The summed E-state index contributed by atoms with van der Waals surface area (Å²) in [4.78, 5) is 27.7. The number of halogens is 3. The van der Waals surface area contributed by atoms with Crippen LogP contribution in [0.4, 0.5) is 5.69 Å². The topological polar surface area (TPSA) is 102 Å². The van der Waals surface area contributed by atoms with Gasteiger partial charge in [0.25, 0.3) is 5.91 Å². The number of aryl methyl sites for hydroxylation is 1. The Labute approximate surface area is 286 Å². The highest BCUT2D eigenvalue weighted by Crippen LogP contribution is 2.63. The molecule has 1 amide bonds. The molecular weight excluding hydrogens is 667 g/mol. The van der Waals surface area contributed by atoms with Gasteiger partial charge in [0.2, 0.25) is 10.0 Å². The summed E-state index contributed by atoms with van der Waals surface area (Å²) in [6.45, 7) is 8.13. The molecule has 7 nitrogen and oxygen atoms in total. The average molecular weight is 706 g/mol. The third-order valence-corrected chi connectivity index (χ3v) is 11.2. The second kappa shape index (κ2) is 13.0. The standard InChI is InChI=1S/C35H39Cl3N2O5S/c1-6-24-30(41)18-28(26-16-22(37)12-14-31(26)45-34(7-2,8-3)33(42)40-46(5,43)44)35(19-39-29-17-23(38)11-13-27(29)35)32(24)25-15-21(36)10-9-20(25)4/h9-17,24,28,32,39H,6-8,18-19H2,1-5H3,(H,40,42). The Morgan fingerprint density at radius 1 is 0.978 bits per heavy atom. The molecule has 0 saturated heterocycles. The quantitative estimate of drug-likeness (QED) is 0.233. The lowest BCUT2D eigenvalue weighted by molar-refractivity contribution is -0.136. The normalized spacial score (nSPS) is 22.8. The fourth-order valence-corrected chi connectivity index (χ4v) is 8.76. The number of fused-ring (bicyclic) bond motifs is 2. The second-order valence-electron chi connectivity index (χ2n) is 12.5. The predicted molar refractivity (Wildman–Crippen MR) is 185 cm³/mol. The molecule has 2 N–H and O–H groups in total. The molecule has 11 heteroatoms.